The first-order valence-electron chi connectivity index (χ1n) is 2.70. The molecule has 4 nitrogen and oxygen atoms in total. The van der Waals surface area contributed by atoms with Crippen LogP contribution in [0.25, 0.3) is 0 Å². The van der Waals surface area contributed by atoms with Crippen molar-refractivity contribution >= 4 is 6.09 Å². The summed E-state index contributed by atoms with van der Waals surface area (Å²) in [5, 5.41) is 0. The molecule has 0 atom stereocenters. The van der Waals surface area contributed by atoms with Crippen LogP contribution in [0, 0.1) is 0 Å². The maximum absolute atomic E-state index is 9.96. The molecule has 1 amide bonds. The van der Waals surface area contributed by atoms with Gasteiger partial charge < -0.3 is 10.5 Å². The van der Waals surface area contributed by atoms with E-state index in [1.165, 1.54) is 0 Å². The summed E-state index contributed by atoms with van der Waals surface area (Å²) in [7, 11) is 3.79. The van der Waals surface area contributed by atoms with Crippen molar-refractivity contribution < 1.29 is 9.53 Å². The van der Waals surface area contributed by atoms with E-state index in [1.807, 2.05) is 19.0 Å². The van der Waals surface area contributed by atoms with Crippen molar-refractivity contribution in [3.8, 4) is 0 Å². The van der Waals surface area contributed by atoms with Gasteiger partial charge in [0.1, 0.15) is 20.7 Å². The fourth-order valence-electron chi connectivity index (χ4n) is 0.329. The van der Waals surface area contributed by atoms with Gasteiger partial charge >= 0.3 is 6.09 Å². The van der Waals surface area contributed by atoms with Crippen molar-refractivity contribution in [2.45, 2.75) is 0 Å². The quantitative estimate of drug-likeness (QED) is 0.525. The number of ether oxygens (including phenoxy) is 1. The summed E-state index contributed by atoms with van der Waals surface area (Å²) in [6.07, 6.45) is -0.711. The highest BCUT2D eigenvalue weighted by atomic mass is 16.5. The first-order chi connectivity index (χ1) is 4.13. The fraction of sp³-hybridized carbons (Fsp3) is 0.800. The van der Waals surface area contributed by atoms with E-state index in [-0.39, 0.29) is 0 Å². The van der Waals surface area contributed by atoms with Gasteiger partial charge in [0, 0.05) is 0 Å². The molecule has 0 bridgehead atoms. The van der Waals surface area contributed by atoms with E-state index in [0.717, 1.165) is 0 Å². The molecule has 0 saturated carbocycles. The predicted octanol–water partition coefficient (Wildman–Crippen LogP) is -0.519. The fourth-order valence-corrected chi connectivity index (χ4v) is 0.329. The van der Waals surface area contributed by atoms with E-state index in [1.54, 1.807) is 0 Å². The second-order valence-corrected chi connectivity index (χ2v) is 1.97. The van der Waals surface area contributed by atoms with Crippen LogP contribution in [0.15, 0.2) is 0 Å². The molecule has 4 heteroatoms. The van der Waals surface area contributed by atoms with E-state index < -0.39 is 6.09 Å². The highest BCUT2D eigenvalue weighted by Crippen LogP contribution is 1.73. The van der Waals surface area contributed by atoms with Crippen LogP contribution < -0.4 is 10.6 Å². The summed E-state index contributed by atoms with van der Waals surface area (Å²) in [6, 6.07) is 0. The topological polar surface area (TPSA) is 58.2 Å². The first kappa shape index (κ1) is 8.23. The molecule has 0 heterocycles. The third-order valence-corrected chi connectivity index (χ3v) is 0.783. The molecule has 0 unspecified atom stereocenters. The molecule has 1 radical (unpaired) electrons. The van der Waals surface area contributed by atoms with Gasteiger partial charge in [-0.15, -0.1) is 0 Å². The Balaban J connectivity index is 3.01. The first-order valence-corrected chi connectivity index (χ1v) is 2.70. The summed E-state index contributed by atoms with van der Waals surface area (Å²) in [6.45, 7) is 1.07. The molecule has 2 N–H and O–H groups in total. The molecule has 53 valence electrons. The monoisotopic (exact) mass is 132 g/mol. The van der Waals surface area contributed by atoms with Gasteiger partial charge in [-0.3, -0.25) is 0 Å². The Kier molecular flexibility index (Phi) is 3.79. The van der Waals surface area contributed by atoms with Crippen LogP contribution in [-0.4, -0.2) is 33.3 Å². The van der Waals surface area contributed by atoms with Crippen LogP contribution in [-0.2, 0) is 4.74 Å². The third kappa shape index (κ3) is 7.23. The van der Waals surface area contributed by atoms with Crippen molar-refractivity contribution in [1.29, 1.82) is 0 Å². The molecule has 0 aromatic rings. The summed E-state index contributed by atoms with van der Waals surface area (Å²) in [5.74, 6) is 0. The average molecular weight is 132 g/mol. The van der Waals surface area contributed by atoms with Crippen LogP contribution in [0.3, 0.4) is 0 Å². The minimum absolute atomic E-state index is 0.363. The highest BCUT2D eigenvalue weighted by molar-refractivity contribution is 5.64. The zero-order valence-corrected chi connectivity index (χ0v) is 5.76. The van der Waals surface area contributed by atoms with Gasteiger partial charge in [-0.2, -0.15) is 4.90 Å². The number of hydrogen-bond acceptors (Lipinski definition) is 3. The number of hydrogen-bond donors (Lipinski definition) is 1. The molecule has 0 aliphatic rings. The Bertz CT molecular complexity index is 93.0. The van der Waals surface area contributed by atoms with Crippen molar-refractivity contribution in [3.05, 3.63) is 0 Å². The van der Waals surface area contributed by atoms with E-state index in [2.05, 4.69) is 4.74 Å². The lowest BCUT2D eigenvalue weighted by atomic mass is 10.6. The number of carbonyl (C=O) groups excluding carboxylic acids is 1. The minimum Gasteiger partial charge on any atom is -0.444 e. The van der Waals surface area contributed by atoms with Gasteiger partial charge in [-0.05, 0) is 0 Å². The number of likely N-dealkylation sites (N-methyl/N-ethyl adjacent to an activating group) is 1. The Hall–Kier alpha value is -0.770. The van der Waals surface area contributed by atoms with Crippen molar-refractivity contribution in [3.63, 3.8) is 0 Å². The third-order valence-electron chi connectivity index (χ3n) is 0.783. The Morgan fingerprint density at radius 2 is 2.22 bits per heavy atom. The molecule has 0 aliphatic heterocycles. The van der Waals surface area contributed by atoms with Gasteiger partial charge in [-0.25, -0.2) is 4.79 Å². The predicted molar refractivity (Wildman–Crippen MR) is 34.4 cm³/mol. The zero-order chi connectivity index (χ0) is 7.28. The largest absolute Gasteiger partial charge is 0.444 e. The SMILES string of the molecule is C[N+](C)CCOC(N)=O. The van der Waals surface area contributed by atoms with Gasteiger partial charge in [0.05, 0.1) is 0 Å². The molecule has 0 aromatic carbocycles. The second-order valence-electron chi connectivity index (χ2n) is 1.97. The summed E-state index contributed by atoms with van der Waals surface area (Å²) in [4.78, 5) is 11.9. The summed E-state index contributed by atoms with van der Waals surface area (Å²) in [5.41, 5.74) is 4.70. The number of carbonyl (C=O) groups is 1. The van der Waals surface area contributed by atoms with Crippen molar-refractivity contribution in [1.82, 2.24) is 4.90 Å². The summed E-state index contributed by atoms with van der Waals surface area (Å²) >= 11 is 0. The highest BCUT2D eigenvalue weighted by Gasteiger charge is 1.99. The maximum Gasteiger partial charge on any atom is 0.404 e. The normalized spacial score (nSPS) is 9.67. The van der Waals surface area contributed by atoms with E-state index >= 15 is 0 Å². The number of rotatable bonds is 3. The molecule has 9 heavy (non-hydrogen) atoms. The lowest BCUT2D eigenvalue weighted by molar-refractivity contribution is 0.154. The zero-order valence-electron chi connectivity index (χ0n) is 5.76. The van der Waals surface area contributed by atoms with E-state index in [9.17, 15) is 4.79 Å². The molecule has 0 fully saturated rings. The van der Waals surface area contributed by atoms with Crippen LogP contribution >= 0.6 is 0 Å². The standard InChI is InChI=1S/C5H12N2O2/c1-7(2)3-4-9-5(6)8/h3-4H2,1-2H3,(H2,6,8)/q+1. The minimum atomic E-state index is -0.711. The molecule has 0 spiro atoms. The van der Waals surface area contributed by atoms with Crippen LogP contribution in [0.1, 0.15) is 0 Å². The van der Waals surface area contributed by atoms with Gasteiger partial charge in [0.15, 0.2) is 6.54 Å². The van der Waals surface area contributed by atoms with Gasteiger partial charge in [-0.1, -0.05) is 0 Å². The number of primary amides is 1. The molecular formula is C5H12N2O2+. The van der Waals surface area contributed by atoms with Crippen LogP contribution in [0.5, 0.6) is 0 Å². The van der Waals surface area contributed by atoms with Gasteiger partial charge in [0.25, 0.3) is 0 Å². The number of nitrogens with two attached hydrogens (primary N) is 1. The van der Waals surface area contributed by atoms with E-state index in [0.29, 0.717) is 13.2 Å². The summed E-state index contributed by atoms with van der Waals surface area (Å²) < 4.78 is 4.45. The number of nitrogens with zero attached hydrogens (tertiary/aromatic N) is 1. The average Bonchev–Trinajstić information content (AvgIpc) is 1.63. The molecular weight excluding hydrogens is 120 g/mol. The molecule has 0 aromatic heterocycles. The Morgan fingerprint density at radius 1 is 1.67 bits per heavy atom. The van der Waals surface area contributed by atoms with Crippen molar-refractivity contribution in [2.75, 3.05) is 27.2 Å². The van der Waals surface area contributed by atoms with Crippen molar-refractivity contribution in [2.24, 2.45) is 5.73 Å². The van der Waals surface area contributed by atoms with Crippen LogP contribution in [0.4, 0.5) is 4.79 Å². The Morgan fingerprint density at radius 3 is 2.56 bits per heavy atom. The molecule has 0 saturated heterocycles. The second kappa shape index (κ2) is 4.14. The van der Waals surface area contributed by atoms with Crippen LogP contribution in [0.2, 0.25) is 0 Å². The smallest absolute Gasteiger partial charge is 0.404 e. The molecule has 0 aliphatic carbocycles. The lowest BCUT2D eigenvalue weighted by Crippen LogP contribution is -2.26. The molecule has 0 rings (SSSR count). The van der Waals surface area contributed by atoms with E-state index in [4.69, 9.17) is 5.73 Å². The number of amides is 1. The van der Waals surface area contributed by atoms with Gasteiger partial charge in [0.2, 0.25) is 0 Å². The maximum atomic E-state index is 9.96. The Labute approximate surface area is 54.6 Å². The lowest BCUT2D eigenvalue weighted by Gasteiger charge is -1.99.